The van der Waals surface area contributed by atoms with E-state index in [1.54, 1.807) is 0 Å². The van der Waals surface area contributed by atoms with Gasteiger partial charge >= 0.3 is 5.69 Å². The highest BCUT2D eigenvalue weighted by Gasteiger charge is 2.35. The molecule has 0 spiro atoms. The Balaban J connectivity index is 2.46. The quantitative estimate of drug-likeness (QED) is 0.567. The fourth-order valence-electron chi connectivity index (χ4n) is 2.02. The molecule has 3 atom stereocenters. The van der Waals surface area contributed by atoms with Gasteiger partial charge in [0.1, 0.15) is 6.10 Å². The Kier molecular flexibility index (Phi) is 3.65. The van der Waals surface area contributed by atoms with Gasteiger partial charge in [-0.1, -0.05) is 0 Å². The van der Waals surface area contributed by atoms with E-state index < -0.39 is 35.5 Å². The Morgan fingerprint density at radius 1 is 1.58 bits per heavy atom. The van der Waals surface area contributed by atoms with Crippen LogP contribution in [0.3, 0.4) is 0 Å². The Labute approximate surface area is 107 Å². The van der Waals surface area contributed by atoms with Gasteiger partial charge in [0.05, 0.1) is 18.3 Å². The molecule has 0 aliphatic carbocycles. The second-order valence-electron chi connectivity index (χ2n) is 4.40. The first-order valence-corrected chi connectivity index (χ1v) is 5.74. The van der Waals surface area contributed by atoms with E-state index >= 15 is 0 Å². The predicted molar refractivity (Wildman–Crippen MR) is 62.9 cm³/mol. The highest BCUT2D eigenvalue weighted by Crippen LogP contribution is 2.27. The fraction of sp³-hybridized carbons (Fsp3) is 0.545. The van der Waals surface area contributed by atoms with Crippen LogP contribution in [0.2, 0.25) is 0 Å². The number of aliphatic hydroxyl groups is 2. The van der Waals surface area contributed by atoms with Crippen LogP contribution in [-0.4, -0.2) is 44.4 Å². The van der Waals surface area contributed by atoms with Crippen LogP contribution in [0.1, 0.15) is 29.9 Å². The van der Waals surface area contributed by atoms with E-state index in [1.807, 2.05) is 4.98 Å². The second kappa shape index (κ2) is 5.08. The maximum Gasteiger partial charge on any atom is 0.330 e. The van der Waals surface area contributed by atoms with Crippen molar-refractivity contribution >= 4 is 5.78 Å². The van der Waals surface area contributed by atoms with Crippen molar-refractivity contribution in [1.82, 2.24) is 9.55 Å². The third-order valence-electron chi connectivity index (χ3n) is 2.99. The predicted octanol–water partition coefficient (Wildman–Crippen LogP) is -1.62. The summed E-state index contributed by atoms with van der Waals surface area (Å²) in [4.78, 5) is 36.4. The lowest BCUT2D eigenvalue weighted by molar-refractivity contribution is -0.0531. The van der Waals surface area contributed by atoms with Crippen molar-refractivity contribution in [3.05, 3.63) is 32.6 Å². The molecule has 8 heteroatoms. The number of hydrogen-bond donors (Lipinski definition) is 3. The van der Waals surface area contributed by atoms with Crippen LogP contribution in [0.5, 0.6) is 0 Å². The largest absolute Gasteiger partial charge is 0.394 e. The summed E-state index contributed by atoms with van der Waals surface area (Å²) in [6.45, 7) is 0.910. The standard InChI is InChI=1S/C11H14N2O6/c1-5(15)7-3-13(11(18)12-9(7)17)10-8(16)2-6(4-14)19-10/h3,6,8,10,14,16H,2,4H2,1H3,(H,12,17,18)/t6-,8+,10+/m0/s1. The fourth-order valence-corrected chi connectivity index (χ4v) is 2.02. The van der Waals surface area contributed by atoms with Gasteiger partial charge in [0.2, 0.25) is 0 Å². The van der Waals surface area contributed by atoms with E-state index in [0.29, 0.717) is 0 Å². The van der Waals surface area contributed by atoms with Crippen LogP contribution in [0, 0.1) is 0 Å². The van der Waals surface area contributed by atoms with Gasteiger partial charge in [-0.3, -0.25) is 19.1 Å². The third kappa shape index (κ3) is 2.50. The van der Waals surface area contributed by atoms with Gasteiger partial charge in [0.15, 0.2) is 12.0 Å². The van der Waals surface area contributed by atoms with Crippen molar-refractivity contribution in [1.29, 1.82) is 0 Å². The summed E-state index contributed by atoms with van der Waals surface area (Å²) in [5.74, 6) is -0.499. The van der Waals surface area contributed by atoms with E-state index in [2.05, 4.69) is 0 Å². The Hall–Kier alpha value is -1.77. The van der Waals surface area contributed by atoms with Gasteiger partial charge in [0.25, 0.3) is 5.56 Å². The van der Waals surface area contributed by atoms with Gasteiger partial charge in [-0.25, -0.2) is 4.79 Å². The van der Waals surface area contributed by atoms with Crippen LogP contribution in [-0.2, 0) is 4.74 Å². The van der Waals surface area contributed by atoms with Crippen LogP contribution in [0.15, 0.2) is 15.8 Å². The number of aromatic nitrogens is 2. The number of rotatable bonds is 3. The number of aliphatic hydroxyl groups excluding tert-OH is 2. The normalized spacial score (nSPS) is 26.6. The number of hydrogen-bond acceptors (Lipinski definition) is 6. The maximum absolute atomic E-state index is 11.7. The van der Waals surface area contributed by atoms with E-state index in [4.69, 9.17) is 9.84 Å². The molecule has 0 unspecified atom stereocenters. The molecule has 0 amide bonds. The first-order valence-electron chi connectivity index (χ1n) is 5.74. The Bertz CT molecular complexity index is 604. The SMILES string of the molecule is CC(=O)c1cn([C@@H]2O[C@H](CO)C[C@H]2O)c(=O)[nH]c1=O. The molecule has 1 saturated heterocycles. The molecule has 0 aromatic carbocycles. The highest BCUT2D eigenvalue weighted by molar-refractivity contribution is 5.93. The minimum absolute atomic E-state index is 0.169. The zero-order valence-electron chi connectivity index (χ0n) is 10.2. The molecule has 1 fully saturated rings. The minimum atomic E-state index is -1.03. The Morgan fingerprint density at radius 3 is 2.79 bits per heavy atom. The van der Waals surface area contributed by atoms with E-state index in [9.17, 15) is 19.5 Å². The molecule has 1 aromatic heterocycles. The summed E-state index contributed by atoms with van der Waals surface area (Å²) in [6, 6.07) is 0. The highest BCUT2D eigenvalue weighted by atomic mass is 16.5. The summed E-state index contributed by atoms with van der Waals surface area (Å²) >= 11 is 0. The van der Waals surface area contributed by atoms with Crippen LogP contribution < -0.4 is 11.2 Å². The molecule has 19 heavy (non-hydrogen) atoms. The number of ether oxygens (including phenoxy) is 1. The van der Waals surface area contributed by atoms with E-state index in [-0.39, 0.29) is 18.6 Å². The zero-order chi connectivity index (χ0) is 14.2. The second-order valence-corrected chi connectivity index (χ2v) is 4.40. The molecule has 8 nitrogen and oxygen atoms in total. The molecule has 3 N–H and O–H groups in total. The van der Waals surface area contributed by atoms with Gasteiger partial charge in [-0.2, -0.15) is 0 Å². The lowest BCUT2D eigenvalue weighted by Gasteiger charge is -2.17. The number of ketones is 1. The third-order valence-corrected chi connectivity index (χ3v) is 2.99. The van der Waals surface area contributed by atoms with Crippen LogP contribution >= 0.6 is 0 Å². The lowest BCUT2D eigenvalue weighted by atomic mass is 10.2. The van der Waals surface area contributed by atoms with Crippen molar-refractivity contribution in [2.75, 3.05) is 6.61 Å². The van der Waals surface area contributed by atoms with Crippen LogP contribution in [0.25, 0.3) is 0 Å². The molecular formula is C11H14N2O6. The van der Waals surface area contributed by atoms with Gasteiger partial charge in [0, 0.05) is 12.6 Å². The van der Waals surface area contributed by atoms with Crippen molar-refractivity contribution in [3.63, 3.8) is 0 Å². The number of carbonyl (C=O) groups is 1. The molecule has 1 aliphatic heterocycles. The molecule has 0 radical (unpaired) electrons. The first-order chi connectivity index (χ1) is 8.93. The van der Waals surface area contributed by atoms with Crippen molar-refractivity contribution in [3.8, 4) is 0 Å². The lowest BCUT2D eigenvalue weighted by Crippen LogP contribution is -2.37. The van der Waals surface area contributed by atoms with Crippen LogP contribution in [0.4, 0.5) is 0 Å². The molecule has 1 aliphatic rings. The molecular weight excluding hydrogens is 256 g/mol. The van der Waals surface area contributed by atoms with Gasteiger partial charge < -0.3 is 14.9 Å². The summed E-state index contributed by atoms with van der Waals surface area (Å²) < 4.78 is 6.25. The number of nitrogens with one attached hydrogen (secondary N) is 1. The first kappa shape index (κ1) is 13.7. The topological polar surface area (TPSA) is 122 Å². The maximum atomic E-state index is 11.7. The summed E-state index contributed by atoms with van der Waals surface area (Å²) in [5.41, 5.74) is -1.75. The molecule has 2 rings (SSSR count). The van der Waals surface area contributed by atoms with Crippen molar-refractivity contribution < 1.29 is 19.7 Å². The number of carbonyl (C=O) groups excluding carboxylic acids is 1. The van der Waals surface area contributed by atoms with Crippen molar-refractivity contribution in [2.24, 2.45) is 0 Å². The van der Waals surface area contributed by atoms with E-state index in [1.165, 1.54) is 6.92 Å². The smallest absolute Gasteiger partial charge is 0.330 e. The van der Waals surface area contributed by atoms with Gasteiger partial charge in [-0.05, 0) is 6.92 Å². The molecule has 104 valence electrons. The van der Waals surface area contributed by atoms with E-state index in [0.717, 1.165) is 10.8 Å². The average molecular weight is 270 g/mol. The summed E-state index contributed by atoms with van der Waals surface area (Å²) in [7, 11) is 0. The summed E-state index contributed by atoms with van der Waals surface area (Å²) in [5, 5.41) is 18.8. The van der Waals surface area contributed by atoms with Gasteiger partial charge in [-0.15, -0.1) is 0 Å². The van der Waals surface area contributed by atoms with Crippen molar-refractivity contribution in [2.45, 2.75) is 31.8 Å². The molecule has 0 bridgehead atoms. The summed E-state index contributed by atoms with van der Waals surface area (Å²) in [6.07, 6.45) is -1.38. The molecule has 2 heterocycles. The number of H-pyrrole nitrogens is 1. The Morgan fingerprint density at radius 2 is 2.26 bits per heavy atom. The molecule has 1 aromatic rings. The number of aromatic amines is 1. The number of nitrogens with zero attached hydrogens (tertiary/aromatic N) is 1. The molecule has 0 saturated carbocycles. The average Bonchev–Trinajstić information content (AvgIpc) is 2.70. The monoisotopic (exact) mass is 270 g/mol. The minimum Gasteiger partial charge on any atom is -0.394 e. The number of Topliss-reactive ketones (excluding diaryl/α,β-unsaturated/α-hetero) is 1. The zero-order valence-corrected chi connectivity index (χ0v) is 10.2.